The van der Waals surface area contributed by atoms with Crippen LogP contribution in [0.5, 0.6) is 5.75 Å². The van der Waals surface area contributed by atoms with Crippen LogP contribution in [-0.4, -0.2) is 39.5 Å². The molecule has 1 unspecified atom stereocenters. The lowest BCUT2D eigenvalue weighted by Gasteiger charge is -2.22. The van der Waals surface area contributed by atoms with E-state index in [9.17, 15) is 8.42 Å². The summed E-state index contributed by atoms with van der Waals surface area (Å²) in [6.45, 7) is 3.53. The fourth-order valence-corrected chi connectivity index (χ4v) is 5.10. The van der Waals surface area contributed by atoms with Crippen LogP contribution in [0.3, 0.4) is 0 Å². The van der Waals surface area contributed by atoms with Crippen molar-refractivity contribution in [2.45, 2.75) is 17.6 Å². The summed E-state index contributed by atoms with van der Waals surface area (Å²) >= 11 is 1.19. The number of hydrogen-bond donors (Lipinski definition) is 1. The van der Waals surface area contributed by atoms with Crippen molar-refractivity contribution >= 4 is 33.8 Å². The zero-order valence-electron chi connectivity index (χ0n) is 11.0. The third-order valence-electron chi connectivity index (χ3n) is 3.41. The van der Waals surface area contributed by atoms with E-state index in [4.69, 9.17) is 10.5 Å². The summed E-state index contributed by atoms with van der Waals surface area (Å²) < 4.78 is 31.9. The number of thiophene rings is 1. The molecule has 0 spiro atoms. The van der Waals surface area contributed by atoms with Gasteiger partial charge in [0.1, 0.15) is 5.75 Å². The molecule has 1 fully saturated rings. The molecular weight excluding hydrogens is 308 g/mol. The molecule has 5 nitrogen and oxygen atoms in total. The molecule has 0 amide bonds. The minimum absolute atomic E-state index is 0. The van der Waals surface area contributed by atoms with Crippen molar-refractivity contribution in [1.82, 2.24) is 4.31 Å². The molecule has 1 aromatic rings. The van der Waals surface area contributed by atoms with Gasteiger partial charge in [-0.2, -0.15) is 4.31 Å². The quantitative estimate of drug-likeness (QED) is 0.911. The van der Waals surface area contributed by atoms with E-state index in [1.54, 1.807) is 11.4 Å². The monoisotopic (exact) mass is 326 g/mol. The molecule has 2 N–H and O–H groups in total. The van der Waals surface area contributed by atoms with Crippen molar-refractivity contribution < 1.29 is 13.2 Å². The minimum Gasteiger partial charge on any atom is -0.494 e. The second-order valence-corrected chi connectivity index (χ2v) is 7.93. The Morgan fingerprint density at radius 3 is 2.79 bits per heavy atom. The van der Waals surface area contributed by atoms with Gasteiger partial charge in [0.2, 0.25) is 0 Å². The molecule has 0 radical (unpaired) electrons. The van der Waals surface area contributed by atoms with Gasteiger partial charge >= 0.3 is 0 Å². The molecule has 1 saturated heterocycles. The second-order valence-electron chi connectivity index (χ2n) is 4.88. The number of nitrogens with two attached hydrogens (primary N) is 1. The van der Waals surface area contributed by atoms with Crippen molar-refractivity contribution in [2.75, 3.05) is 26.7 Å². The van der Waals surface area contributed by atoms with Gasteiger partial charge in [0, 0.05) is 13.1 Å². The molecule has 19 heavy (non-hydrogen) atoms. The standard InChI is InChI=1S/C11H18N2O3S2.ClH/c1-11(7-12)4-5-13(8-11)18(14,15)10-9(16-2)3-6-17-10;/h3,6H,4-5,7-8,12H2,1-2H3;1H. The van der Waals surface area contributed by atoms with Gasteiger partial charge in [-0.25, -0.2) is 8.42 Å². The molecule has 2 heterocycles. The van der Waals surface area contributed by atoms with Crippen LogP contribution in [0.2, 0.25) is 0 Å². The van der Waals surface area contributed by atoms with Crippen LogP contribution in [0.1, 0.15) is 13.3 Å². The number of hydrogen-bond acceptors (Lipinski definition) is 5. The van der Waals surface area contributed by atoms with Crippen molar-refractivity contribution in [2.24, 2.45) is 11.1 Å². The number of halogens is 1. The summed E-state index contributed by atoms with van der Waals surface area (Å²) in [4.78, 5) is 0. The van der Waals surface area contributed by atoms with Gasteiger partial charge in [-0.15, -0.1) is 23.7 Å². The predicted molar refractivity (Wildman–Crippen MR) is 78.7 cm³/mol. The smallest absolute Gasteiger partial charge is 0.256 e. The largest absolute Gasteiger partial charge is 0.494 e. The minimum atomic E-state index is -3.45. The molecule has 1 atom stereocenters. The van der Waals surface area contributed by atoms with Crippen LogP contribution < -0.4 is 10.5 Å². The SMILES string of the molecule is COc1ccsc1S(=O)(=O)N1CCC(C)(CN)C1.Cl. The van der Waals surface area contributed by atoms with Crippen LogP contribution in [0.15, 0.2) is 15.7 Å². The Bertz CT molecular complexity index is 532. The maximum absolute atomic E-state index is 12.5. The lowest BCUT2D eigenvalue weighted by atomic mass is 9.90. The number of methoxy groups -OCH3 is 1. The average Bonchev–Trinajstić information content (AvgIpc) is 2.96. The second kappa shape index (κ2) is 5.97. The van der Waals surface area contributed by atoms with Crippen molar-refractivity contribution in [3.05, 3.63) is 11.4 Å². The predicted octanol–water partition coefficient (Wildman–Crippen LogP) is 1.54. The first-order valence-corrected chi connectivity index (χ1v) is 8.07. The van der Waals surface area contributed by atoms with Crippen LogP contribution >= 0.6 is 23.7 Å². The van der Waals surface area contributed by atoms with Crippen molar-refractivity contribution in [3.63, 3.8) is 0 Å². The van der Waals surface area contributed by atoms with Gasteiger partial charge < -0.3 is 10.5 Å². The third kappa shape index (κ3) is 3.05. The summed E-state index contributed by atoms with van der Waals surface area (Å²) in [7, 11) is -1.97. The Balaban J connectivity index is 0.00000180. The van der Waals surface area contributed by atoms with E-state index in [1.165, 1.54) is 22.8 Å². The summed E-state index contributed by atoms with van der Waals surface area (Å²) in [5, 5.41) is 1.73. The third-order valence-corrected chi connectivity index (χ3v) is 6.67. The molecule has 0 saturated carbocycles. The highest BCUT2D eigenvalue weighted by Crippen LogP contribution is 2.37. The normalized spacial score (nSPS) is 24.2. The number of sulfonamides is 1. The van der Waals surface area contributed by atoms with E-state index in [0.29, 0.717) is 25.4 Å². The molecule has 1 aliphatic rings. The lowest BCUT2D eigenvalue weighted by molar-refractivity contribution is 0.348. The molecule has 1 aliphatic heterocycles. The Morgan fingerprint density at radius 2 is 2.26 bits per heavy atom. The maximum Gasteiger partial charge on any atom is 0.256 e. The summed E-state index contributed by atoms with van der Waals surface area (Å²) in [6.07, 6.45) is 0.802. The maximum atomic E-state index is 12.5. The number of rotatable bonds is 4. The van der Waals surface area contributed by atoms with Gasteiger partial charge in [-0.1, -0.05) is 6.92 Å². The lowest BCUT2D eigenvalue weighted by Crippen LogP contribution is -2.34. The molecule has 0 aromatic carbocycles. The number of nitrogens with zero attached hydrogens (tertiary/aromatic N) is 1. The Hall–Kier alpha value is -0.340. The van der Waals surface area contributed by atoms with Crippen molar-refractivity contribution in [1.29, 1.82) is 0 Å². The van der Waals surface area contributed by atoms with Gasteiger partial charge in [0.25, 0.3) is 10.0 Å². The highest BCUT2D eigenvalue weighted by Gasteiger charge is 2.40. The topological polar surface area (TPSA) is 72.6 Å². The first-order valence-electron chi connectivity index (χ1n) is 5.75. The highest BCUT2D eigenvalue weighted by molar-refractivity contribution is 7.91. The molecular formula is C11H19ClN2O3S2. The van der Waals surface area contributed by atoms with Gasteiger partial charge in [-0.05, 0) is 29.8 Å². The van der Waals surface area contributed by atoms with Crippen LogP contribution in [0, 0.1) is 5.41 Å². The first kappa shape index (κ1) is 16.7. The molecule has 1 aromatic heterocycles. The Kier molecular flexibility index (Phi) is 5.25. The summed E-state index contributed by atoms with van der Waals surface area (Å²) in [5.74, 6) is 0.418. The van der Waals surface area contributed by atoms with E-state index in [1.807, 2.05) is 6.92 Å². The molecule has 110 valence electrons. The molecule has 0 aliphatic carbocycles. The fraction of sp³-hybridized carbons (Fsp3) is 0.636. The highest BCUT2D eigenvalue weighted by atomic mass is 35.5. The van der Waals surface area contributed by atoms with Crippen LogP contribution in [0.25, 0.3) is 0 Å². The first-order chi connectivity index (χ1) is 8.43. The van der Waals surface area contributed by atoms with Crippen LogP contribution in [-0.2, 0) is 10.0 Å². The zero-order chi connectivity index (χ0) is 13.4. The van der Waals surface area contributed by atoms with Gasteiger partial charge in [-0.3, -0.25) is 0 Å². The number of ether oxygens (including phenoxy) is 1. The zero-order valence-corrected chi connectivity index (χ0v) is 13.4. The molecule has 8 heteroatoms. The van der Waals surface area contributed by atoms with Gasteiger partial charge in [0.05, 0.1) is 7.11 Å². The van der Waals surface area contributed by atoms with E-state index in [-0.39, 0.29) is 22.0 Å². The van der Waals surface area contributed by atoms with E-state index in [2.05, 4.69) is 0 Å². The van der Waals surface area contributed by atoms with E-state index < -0.39 is 10.0 Å². The van der Waals surface area contributed by atoms with E-state index >= 15 is 0 Å². The summed E-state index contributed by atoms with van der Waals surface area (Å²) in [6, 6.07) is 1.68. The van der Waals surface area contributed by atoms with Gasteiger partial charge in [0.15, 0.2) is 4.21 Å². The Labute approximate surface area is 124 Å². The van der Waals surface area contributed by atoms with Crippen LogP contribution in [0.4, 0.5) is 0 Å². The van der Waals surface area contributed by atoms with Crippen molar-refractivity contribution in [3.8, 4) is 5.75 Å². The fourth-order valence-electron chi connectivity index (χ4n) is 2.09. The van der Waals surface area contributed by atoms with E-state index in [0.717, 1.165) is 6.42 Å². The summed E-state index contributed by atoms with van der Waals surface area (Å²) in [5.41, 5.74) is 5.59. The Morgan fingerprint density at radius 1 is 1.58 bits per heavy atom. The average molecular weight is 327 g/mol. The molecule has 2 rings (SSSR count). The molecule has 0 bridgehead atoms.